The van der Waals surface area contributed by atoms with Gasteiger partial charge in [0.1, 0.15) is 0 Å². The molecular formula is C12H13N3O3S2. The van der Waals surface area contributed by atoms with Gasteiger partial charge in [-0.1, -0.05) is 18.3 Å². The lowest BCUT2D eigenvalue weighted by Crippen LogP contribution is -2.28. The Morgan fingerprint density at radius 1 is 1.40 bits per heavy atom. The Morgan fingerprint density at radius 3 is 2.75 bits per heavy atom. The van der Waals surface area contributed by atoms with Crippen LogP contribution in [-0.2, 0) is 0 Å². The van der Waals surface area contributed by atoms with Gasteiger partial charge in [-0.05, 0) is 18.9 Å². The molecule has 0 saturated carbocycles. The lowest BCUT2D eigenvalue weighted by atomic mass is 10.2. The van der Waals surface area contributed by atoms with Gasteiger partial charge in [-0.15, -0.1) is 0 Å². The molecule has 0 unspecified atom stereocenters. The highest BCUT2D eigenvalue weighted by Crippen LogP contribution is 2.16. The van der Waals surface area contributed by atoms with Gasteiger partial charge in [0.25, 0.3) is 11.6 Å². The highest BCUT2D eigenvalue weighted by atomic mass is 32.2. The maximum atomic E-state index is 11.9. The zero-order valence-corrected chi connectivity index (χ0v) is 12.2. The SMILES string of the molecule is O=C(NSC(=S)N1CCCC1)c1cccc([N+](=O)[O-])c1. The summed E-state index contributed by atoms with van der Waals surface area (Å²) in [5.74, 6) is -0.389. The second-order valence-electron chi connectivity index (χ2n) is 4.30. The summed E-state index contributed by atoms with van der Waals surface area (Å²) in [5, 5.41) is 10.7. The normalized spacial score (nSPS) is 14.1. The number of thiocarbonyl (C=S) groups is 1. The number of hydrogen-bond acceptors (Lipinski definition) is 5. The number of hydrogen-bond donors (Lipinski definition) is 1. The number of nitrogens with zero attached hydrogens (tertiary/aromatic N) is 2. The average molecular weight is 311 g/mol. The molecule has 0 atom stereocenters. The fraction of sp³-hybridized carbons (Fsp3) is 0.333. The number of likely N-dealkylation sites (tertiary alicyclic amines) is 1. The van der Waals surface area contributed by atoms with Crippen LogP contribution < -0.4 is 4.72 Å². The van der Waals surface area contributed by atoms with E-state index in [1.165, 1.54) is 24.3 Å². The quantitative estimate of drug-likeness (QED) is 0.391. The van der Waals surface area contributed by atoms with Gasteiger partial charge in [0, 0.05) is 42.7 Å². The van der Waals surface area contributed by atoms with Crippen molar-refractivity contribution in [1.29, 1.82) is 0 Å². The van der Waals surface area contributed by atoms with E-state index in [9.17, 15) is 14.9 Å². The van der Waals surface area contributed by atoms with Gasteiger partial charge in [-0.2, -0.15) is 0 Å². The average Bonchev–Trinajstić information content (AvgIpc) is 2.98. The van der Waals surface area contributed by atoms with Gasteiger partial charge in [-0.3, -0.25) is 19.6 Å². The highest BCUT2D eigenvalue weighted by molar-refractivity contribution is 8.22. The molecule has 0 aromatic heterocycles. The molecule has 1 N–H and O–H groups in total. The summed E-state index contributed by atoms with van der Waals surface area (Å²) in [6.45, 7) is 1.83. The first-order chi connectivity index (χ1) is 9.58. The molecule has 1 heterocycles. The number of amides is 1. The van der Waals surface area contributed by atoms with Crippen LogP contribution in [-0.4, -0.2) is 33.1 Å². The fourth-order valence-corrected chi connectivity index (χ4v) is 2.79. The van der Waals surface area contributed by atoms with E-state index in [1.807, 2.05) is 4.90 Å². The Kier molecular flexibility index (Phi) is 4.91. The molecule has 1 aromatic carbocycles. The lowest BCUT2D eigenvalue weighted by Gasteiger charge is -2.17. The van der Waals surface area contributed by atoms with Gasteiger partial charge < -0.3 is 4.90 Å². The third-order valence-electron chi connectivity index (χ3n) is 2.91. The van der Waals surface area contributed by atoms with Gasteiger partial charge in [0.15, 0.2) is 4.32 Å². The van der Waals surface area contributed by atoms with Crippen LogP contribution in [0.5, 0.6) is 0 Å². The van der Waals surface area contributed by atoms with Gasteiger partial charge >= 0.3 is 0 Å². The number of non-ortho nitro benzene ring substituents is 1. The molecular weight excluding hydrogens is 298 g/mol. The predicted molar refractivity (Wildman–Crippen MR) is 81.6 cm³/mol. The van der Waals surface area contributed by atoms with Crippen molar-refractivity contribution in [2.45, 2.75) is 12.8 Å². The molecule has 0 spiro atoms. The Morgan fingerprint density at radius 2 is 2.10 bits per heavy atom. The van der Waals surface area contributed by atoms with E-state index < -0.39 is 4.92 Å². The molecule has 1 amide bonds. The minimum atomic E-state index is -0.529. The van der Waals surface area contributed by atoms with Crippen LogP contribution in [0.2, 0.25) is 0 Å². The second kappa shape index (κ2) is 6.67. The molecule has 1 aliphatic heterocycles. The van der Waals surface area contributed by atoms with Crippen molar-refractivity contribution in [2.75, 3.05) is 13.1 Å². The first kappa shape index (κ1) is 14.7. The van der Waals surface area contributed by atoms with E-state index in [2.05, 4.69) is 4.72 Å². The number of benzene rings is 1. The number of rotatable bonds is 2. The summed E-state index contributed by atoms with van der Waals surface area (Å²) in [4.78, 5) is 24.1. The van der Waals surface area contributed by atoms with Crippen molar-refractivity contribution >= 4 is 40.1 Å². The molecule has 20 heavy (non-hydrogen) atoms. The summed E-state index contributed by atoms with van der Waals surface area (Å²) >= 11 is 6.29. The van der Waals surface area contributed by atoms with Crippen LogP contribution in [0.4, 0.5) is 5.69 Å². The molecule has 0 radical (unpaired) electrons. The standard InChI is InChI=1S/C12H13N3O3S2/c16-11(9-4-3-5-10(8-9)15(17)18)13-20-12(19)14-6-1-2-7-14/h3-5,8H,1-2,6-7H2,(H,13,16). The molecule has 8 heteroatoms. The molecule has 1 saturated heterocycles. The molecule has 1 fully saturated rings. The summed E-state index contributed by atoms with van der Waals surface area (Å²) < 4.78 is 3.24. The van der Waals surface area contributed by atoms with E-state index >= 15 is 0 Å². The minimum Gasteiger partial charge on any atom is -0.356 e. The first-order valence-corrected chi connectivity index (χ1v) is 7.31. The largest absolute Gasteiger partial charge is 0.356 e. The molecule has 6 nitrogen and oxygen atoms in total. The van der Waals surface area contributed by atoms with E-state index in [4.69, 9.17) is 12.2 Å². The van der Waals surface area contributed by atoms with Gasteiger partial charge in [-0.25, -0.2) is 0 Å². The molecule has 1 aliphatic rings. The van der Waals surface area contributed by atoms with Crippen LogP contribution in [0.3, 0.4) is 0 Å². The number of carbonyl (C=O) groups is 1. The number of nitro groups is 1. The Hall–Kier alpha value is -1.67. The maximum absolute atomic E-state index is 11.9. The summed E-state index contributed by atoms with van der Waals surface area (Å²) in [6.07, 6.45) is 2.22. The van der Waals surface area contributed by atoms with Crippen LogP contribution in [0.25, 0.3) is 0 Å². The van der Waals surface area contributed by atoms with Crippen molar-refractivity contribution < 1.29 is 9.72 Å². The van der Waals surface area contributed by atoms with Crippen molar-refractivity contribution in [1.82, 2.24) is 9.62 Å². The number of nitro benzene ring substituents is 1. The smallest absolute Gasteiger partial charge is 0.270 e. The Balaban J connectivity index is 1.92. The minimum absolute atomic E-state index is 0.107. The second-order valence-corrected chi connectivity index (χ2v) is 5.74. The van der Waals surface area contributed by atoms with E-state index in [0.29, 0.717) is 4.32 Å². The van der Waals surface area contributed by atoms with E-state index in [1.54, 1.807) is 0 Å². The van der Waals surface area contributed by atoms with E-state index in [-0.39, 0.29) is 17.2 Å². The monoisotopic (exact) mass is 311 g/mol. The highest BCUT2D eigenvalue weighted by Gasteiger charge is 2.17. The van der Waals surface area contributed by atoms with E-state index in [0.717, 1.165) is 37.9 Å². The lowest BCUT2D eigenvalue weighted by molar-refractivity contribution is -0.384. The van der Waals surface area contributed by atoms with Crippen LogP contribution in [0, 0.1) is 10.1 Å². The van der Waals surface area contributed by atoms with Crippen molar-refractivity contribution in [2.24, 2.45) is 0 Å². The van der Waals surface area contributed by atoms with Crippen molar-refractivity contribution in [3.63, 3.8) is 0 Å². The van der Waals surface area contributed by atoms with Gasteiger partial charge in [0.2, 0.25) is 0 Å². The molecule has 0 bridgehead atoms. The number of nitrogens with one attached hydrogen (secondary N) is 1. The zero-order valence-electron chi connectivity index (χ0n) is 10.6. The first-order valence-electron chi connectivity index (χ1n) is 6.08. The van der Waals surface area contributed by atoms with Crippen LogP contribution >= 0.6 is 24.2 Å². The fourth-order valence-electron chi connectivity index (χ4n) is 1.87. The summed E-state index contributed by atoms with van der Waals surface area (Å²) in [7, 11) is 0. The Bertz CT molecular complexity index is 545. The molecule has 0 aliphatic carbocycles. The van der Waals surface area contributed by atoms with Crippen molar-refractivity contribution in [3.05, 3.63) is 39.9 Å². The molecule has 1 aromatic rings. The van der Waals surface area contributed by atoms with Crippen LogP contribution in [0.15, 0.2) is 24.3 Å². The number of carbonyl (C=O) groups excluding carboxylic acids is 1. The third-order valence-corrected chi connectivity index (χ3v) is 4.14. The van der Waals surface area contributed by atoms with Gasteiger partial charge in [0.05, 0.1) is 4.92 Å². The summed E-state index contributed by atoms with van der Waals surface area (Å²) in [6, 6.07) is 5.60. The maximum Gasteiger partial charge on any atom is 0.270 e. The molecule has 106 valence electrons. The Labute approximate surface area is 125 Å². The van der Waals surface area contributed by atoms with Crippen LogP contribution in [0.1, 0.15) is 23.2 Å². The topological polar surface area (TPSA) is 75.5 Å². The zero-order chi connectivity index (χ0) is 14.5. The molecule has 2 rings (SSSR count). The predicted octanol–water partition coefficient (Wildman–Crippen LogP) is 2.35. The third kappa shape index (κ3) is 3.67. The van der Waals surface area contributed by atoms with Crippen molar-refractivity contribution in [3.8, 4) is 0 Å². The summed E-state index contributed by atoms with van der Waals surface area (Å²) in [5.41, 5.74) is 0.140.